The van der Waals surface area contributed by atoms with E-state index in [4.69, 9.17) is 4.74 Å². The molecule has 0 atom stereocenters. The van der Waals surface area contributed by atoms with Gasteiger partial charge in [0.1, 0.15) is 0 Å². The summed E-state index contributed by atoms with van der Waals surface area (Å²) in [6, 6.07) is 23.2. The summed E-state index contributed by atoms with van der Waals surface area (Å²) in [5.41, 5.74) is 5.31. The van der Waals surface area contributed by atoms with Gasteiger partial charge < -0.3 is 9.64 Å². The summed E-state index contributed by atoms with van der Waals surface area (Å²) < 4.78 is 4.96. The second kappa shape index (κ2) is 12.2. The number of nitrogens with zero attached hydrogens (tertiary/aromatic N) is 5. The van der Waals surface area contributed by atoms with Crippen molar-refractivity contribution in [2.75, 3.05) is 24.6 Å². The Hall–Kier alpha value is -3.87. The molecule has 7 nitrogen and oxygen atoms in total. The Morgan fingerprint density at radius 1 is 0.697 bits per heavy atom. The Bertz CT molecular complexity index is 1070. The van der Waals surface area contributed by atoms with Crippen LogP contribution in [-0.4, -0.2) is 25.7 Å². The number of benzene rings is 3. The molecule has 0 radical (unpaired) electrons. The molecule has 0 saturated heterocycles. The van der Waals surface area contributed by atoms with Gasteiger partial charge in [0.2, 0.25) is 0 Å². The fourth-order valence-electron chi connectivity index (χ4n) is 3.18. The van der Waals surface area contributed by atoms with Crippen molar-refractivity contribution in [3.63, 3.8) is 0 Å². The summed E-state index contributed by atoms with van der Waals surface area (Å²) in [6.45, 7) is 8.03. The largest absolute Gasteiger partial charge is 0.466 e. The van der Waals surface area contributed by atoms with Gasteiger partial charge in [-0.15, -0.1) is 0 Å². The maximum atomic E-state index is 10.8. The molecule has 0 unspecified atom stereocenters. The van der Waals surface area contributed by atoms with Crippen molar-refractivity contribution in [2.24, 2.45) is 20.5 Å². The fraction of sp³-hybridized carbons (Fsp3) is 0.269. The topological polar surface area (TPSA) is 79.0 Å². The zero-order valence-electron chi connectivity index (χ0n) is 19.3. The number of esters is 1. The number of hydrogen-bond donors (Lipinski definition) is 0. The third kappa shape index (κ3) is 7.64. The number of anilines is 1. The molecular formula is C26H29N5O2. The molecule has 0 heterocycles. The smallest absolute Gasteiger partial charge is 0.302 e. The Kier molecular flexibility index (Phi) is 8.82. The highest BCUT2D eigenvalue weighted by molar-refractivity contribution is 5.65. The predicted octanol–water partition coefficient (Wildman–Crippen LogP) is 7.47. The van der Waals surface area contributed by atoms with Gasteiger partial charge in [-0.2, -0.15) is 20.5 Å². The summed E-state index contributed by atoms with van der Waals surface area (Å²) in [5.74, 6) is -0.266. The van der Waals surface area contributed by atoms with Gasteiger partial charge in [-0.3, -0.25) is 4.79 Å². The van der Waals surface area contributed by atoms with E-state index in [9.17, 15) is 4.79 Å². The minimum atomic E-state index is -0.266. The zero-order chi connectivity index (χ0) is 23.5. The SMILES string of the molecule is CCN(CC)c1ccc(N=Nc2ccc(N=Nc3ccc(CCOC(C)=O)cc3)cc2)cc1. The fourth-order valence-corrected chi connectivity index (χ4v) is 3.18. The van der Waals surface area contributed by atoms with Gasteiger partial charge in [0.15, 0.2) is 0 Å². The van der Waals surface area contributed by atoms with Crippen molar-refractivity contribution in [1.29, 1.82) is 0 Å². The number of hydrogen-bond acceptors (Lipinski definition) is 7. The van der Waals surface area contributed by atoms with E-state index in [2.05, 4.69) is 51.3 Å². The lowest BCUT2D eigenvalue weighted by Gasteiger charge is -2.20. The van der Waals surface area contributed by atoms with Crippen LogP contribution in [0.5, 0.6) is 0 Å². The van der Waals surface area contributed by atoms with Crippen LogP contribution in [-0.2, 0) is 16.0 Å². The van der Waals surface area contributed by atoms with Gasteiger partial charge in [-0.05, 0) is 80.1 Å². The molecule has 0 saturated carbocycles. The van der Waals surface area contributed by atoms with Crippen molar-refractivity contribution >= 4 is 34.4 Å². The Morgan fingerprint density at radius 3 is 1.48 bits per heavy atom. The molecular weight excluding hydrogens is 414 g/mol. The summed E-state index contributed by atoms with van der Waals surface area (Å²) >= 11 is 0. The lowest BCUT2D eigenvalue weighted by atomic mass is 10.1. The number of ether oxygens (including phenoxy) is 1. The molecule has 3 aromatic rings. The van der Waals surface area contributed by atoms with Crippen molar-refractivity contribution in [1.82, 2.24) is 0 Å². The Balaban J connectivity index is 1.54. The molecule has 0 fully saturated rings. The second-order valence-electron chi connectivity index (χ2n) is 7.36. The summed E-state index contributed by atoms with van der Waals surface area (Å²) in [7, 11) is 0. The van der Waals surface area contributed by atoms with E-state index in [1.165, 1.54) is 12.6 Å². The van der Waals surface area contributed by atoms with Crippen LogP contribution >= 0.6 is 0 Å². The minimum Gasteiger partial charge on any atom is -0.466 e. The van der Waals surface area contributed by atoms with Gasteiger partial charge >= 0.3 is 5.97 Å². The molecule has 33 heavy (non-hydrogen) atoms. The molecule has 170 valence electrons. The normalized spacial score (nSPS) is 11.2. The molecule has 0 spiro atoms. The quantitative estimate of drug-likeness (QED) is 0.241. The van der Waals surface area contributed by atoms with Crippen molar-refractivity contribution in [3.05, 3.63) is 78.4 Å². The van der Waals surface area contributed by atoms with E-state index in [1.807, 2.05) is 60.7 Å². The maximum absolute atomic E-state index is 10.8. The third-order valence-electron chi connectivity index (χ3n) is 5.02. The van der Waals surface area contributed by atoms with Gasteiger partial charge in [0.05, 0.1) is 29.4 Å². The summed E-state index contributed by atoms with van der Waals surface area (Å²) in [5, 5.41) is 17.2. The van der Waals surface area contributed by atoms with Crippen LogP contribution in [0.15, 0.2) is 93.3 Å². The first kappa shape index (κ1) is 23.8. The monoisotopic (exact) mass is 443 g/mol. The predicted molar refractivity (Wildman–Crippen MR) is 132 cm³/mol. The van der Waals surface area contributed by atoms with Gasteiger partial charge in [0.25, 0.3) is 0 Å². The highest BCUT2D eigenvalue weighted by atomic mass is 16.5. The van der Waals surface area contributed by atoms with Crippen LogP contribution in [0.1, 0.15) is 26.3 Å². The Labute approximate surface area is 194 Å². The summed E-state index contributed by atoms with van der Waals surface area (Å²) in [6.07, 6.45) is 0.674. The van der Waals surface area contributed by atoms with E-state index in [-0.39, 0.29) is 5.97 Å². The average Bonchev–Trinajstić information content (AvgIpc) is 2.84. The molecule has 7 heteroatoms. The summed E-state index contributed by atoms with van der Waals surface area (Å²) in [4.78, 5) is 13.1. The van der Waals surface area contributed by atoms with Crippen molar-refractivity contribution < 1.29 is 9.53 Å². The number of carbonyl (C=O) groups excluding carboxylic acids is 1. The van der Waals surface area contributed by atoms with Gasteiger partial charge in [-0.25, -0.2) is 0 Å². The lowest BCUT2D eigenvalue weighted by molar-refractivity contribution is -0.140. The van der Waals surface area contributed by atoms with Crippen LogP contribution < -0.4 is 4.90 Å². The molecule has 0 aliphatic heterocycles. The van der Waals surface area contributed by atoms with Crippen LogP contribution in [0.2, 0.25) is 0 Å². The van der Waals surface area contributed by atoms with Crippen molar-refractivity contribution in [3.8, 4) is 0 Å². The highest BCUT2D eigenvalue weighted by Crippen LogP contribution is 2.25. The third-order valence-corrected chi connectivity index (χ3v) is 5.02. The van der Waals surface area contributed by atoms with Crippen LogP contribution in [0.3, 0.4) is 0 Å². The van der Waals surface area contributed by atoms with E-state index in [1.54, 1.807) is 0 Å². The lowest BCUT2D eigenvalue weighted by Crippen LogP contribution is -2.21. The van der Waals surface area contributed by atoms with Crippen LogP contribution in [0.25, 0.3) is 0 Å². The van der Waals surface area contributed by atoms with Gasteiger partial charge in [-0.1, -0.05) is 12.1 Å². The minimum absolute atomic E-state index is 0.266. The second-order valence-corrected chi connectivity index (χ2v) is 7.36. The van der Waals surface area contributed by atoms with E-state index >= 15 is 0 Å². The molecule has 0 N–H and O–H groups in total. The number of azo groups is 2. The molecule has 0 aromatic heterocycles. The highest BCUT2D eigenvalue weighted by Gasteiger charge is 2.01. The molecule has 0 aliphatic rings. The van der Waals surface area contributed by atoms with Crippen LogP contribution in [0, 0.1) is 0 Å². The van der Waals surface area contributed by atoms with Gasteiger partial charge in [0, 0.05) is 32.1 Å². The first-order chi connectivity index (χ1) is 16.1. The number of carbonyl (C=O) groups is 1. The molecule has 3 aromatic carbocycles. The molecule has 0 aliphatic carbocycles. The number of rotatable bonds is 10. The Morgan fingerprint density at radius 2 is 1.09 bits per heavy atom. The molecule has 0 bridgehead atoms. The van der Waals surface area contributed by atoms with E-state index in [0.29, 0.717) is 13.0 Å². The van der Waals surface area contributed by atoms with Crippen LogP contribution in [0.4, 0.5) is 28.4 Å². The van der Waals surface area contributed by atoms with E-state index < -0.39 is 0 Å². The van der Waals surface area contributed by atoms with Crippen molar-refractivity contribution in [2.45, 2.75) is 27.2 Å². The standard InChI is InChI=1S/C26H29N5O2/c1-4-31(5-2)26-16-14-25(15-17-26)30-29-24-12-10-23(11-13-24)28-27-22-8-6-21(7-9-22)18-19-33-20(3)32/h6-17H,4-5,18-19H2,1-3H3. The molecule has 0 amide bonds. The maximum Gasteiger partial charge on any atom is 0.302 e. The first-order valence-electron chi connectivity index (χ1n) is 11.1. The first-order valence-corrected chi connectivity index (χ1v) is 11.1. The average molecular weight is 444 g/mol. The van der Waals surface area contributed by atoms with E-state index in [0.717, 1.165) is 41.4 Å². The molecule has 3 rings (SSSR count). The zero-order valence-corrected chi connectivity index (χ0v) is 19.3.